The van der Waals surface area contributed by atoms with Gasteiger partial charge in [-0.15, -0.1) is 0 Å². The fraction of sp³-hybridized carbons (Fsp3) is 0.250. The normalized spacial score (nSPS) is 14.5. The third-order valence-electron chi connectivity index (χ3n) is 4.61. The molecule has 0 saturated carbocycles. The number of amides is 1. The number of hydrogen-bond donors (Lipinski definition) is 0. The number of hydrogen-bond acceptors (Lipinski definition) is 1. The Labute approximate surface area is 136 Å². The summed E-state index contributed by atoms with van der Waals surface area (Å²) in [6.07, 6.45) is 2.23. The maximum Gasteiger partial charge on any atom is 0.270 e. The molecule has 2 heterocycles. The van der Waals surface area contributed by atoms with Crippen LogP contribution in [0.15, 0.2) is 60.7 Å². The Bertz CT molecular complexity index is 829. The molecule has 1 aliphatic heterocycles. The number of fused-ring (bicyclic) bond motifs is 1. The van der Waals surface area contributed by atoms with Gasteiger partial charge in [-0.3, -0.25) is 4.79 Å². The Morgan fingerprint density at radius 3 is 2.39 bits per heavy atom. The fourth-order valence-corrected chi connectivity index (χ4v) is 3.41. The fourth-order valence-electron chi connectivity index (χ4n) is 3.41. The van der Waals surface area contributed by atoms with E-state index in [1.54, 1.807) is 0 Å². The molecule has 0 radical (unpaired) electrons. The number of likely N-dealkylation sites (tertiary alicyclic amines) is 1. The number of carbonyl (C=O) groups is 1. The van der Waals surface area contributed by atoms with E-state index in [-0.39, 0.29) is 5.91 Å². The molecule has 0 N–H and O–H groups in total. The standard InChI is InChI=1S/C20H20N2O/c23-20(21-12-6-7-13-21)19-14-17-10-4-5-11-18(17)22(19)15-16-8-2-1-3-9-16/h1-5,8-11,14H,6-7,12-13,15H2. The van der Waals surface area contributed by atoms with E-state index in [0.717, 1.165) is 49.1 Å². The van der Waals surface area contributed by atoms with Crippen molar-refractivity contribution in [2.24, 2.45) is 0 Å². The molecular weight excluding hydrogens is 284 g/mol. The number of para-hydroxylation sites is 1. The van der Waals surface area contributed by atoms with Gasteiger partial charge in [-0.25, -0.2) is 0 Å². The van der Waals surface area contributed by atoms with Gasteiger partial charge in [-0.1, -0.05) is 48.5 Å². The van der Waals surface area contributed by atoms with Gasteiger partial charge in [0.15, 0.2) is 0 Å². The van der Waals surface area contributed by atoms with Gasteiger partial charge < -0.3 is 9.47 Å². The highest BCUT2D eigenvalue weighted by Crippen LogP contribution is 2.23. The van der Waals surface area contributed by atoms with Crippen molar-refractivity contribution in [2.75, 3.05) is 13.1 Å². The van der Waals surface area contributed by atoms with E-state index in [0.29, 0.717) is 0 Å². The minimum atomic E-state index is 0.162. The molecule has 3 aromatic rings. The van der Waals surface area contributed by atoms with Gasteiger partial charge in [0.25, 0.3) is 5.91 Å². The average molecular weight is 304 g/mol. The third-order valence-corrected chi connectivity index (χ3v) is 4.61. The van der Waals surface area contributed by atoms with Gasteiger partial charge in [-0.2, -0.15) is 0 Å². The summed E-state index contributed by atoms with van der Waals surface area (Å²) in [6.45, 7) is 2.49. The highest BCUT2D eigenvalue weighted by molar-refractivity contribution is 5.99. The van der Waals surface area contributed by atoms with Crippen LogP contribution in [0.1, 0.15) is 28.9 Å². The third kappa shape index (κ3) is 2.63. The molecule has 4 rings (SSSR count). The Hall–Kier alpha value is -2.55. The summed E-state index contributed by atoms with van der Waals surface area (Å²) >= 11 is 0. The average Bonchev–Trinajstić information content (AvgIpc) is 3.24. The highest BCUT2D eigenvalue weighted by atomic mass is 16.2. The van der Waals surface area contributed by atoms with Crippen molar-refractivity contribution in [1.29, 1.82) is 0 Å². The second kappa shape index (κ2) is 5.92. The second-order valence-electron chi connectivity index (χ2n) is 6.16. The predicted molar refractivity (Wildman–Crippen MR) is 92.6 cm³/mol. The Kier molecular flexibility index (Phi) is 3.62. The zero-order valence-corrected chi connectivity index (χ0v) is 13.1. The molecule has 1 amide bonds. The van der Waals surface area contributed by atoms with E-state index < -0.39 is 0 Å². The lowest BCUT2D eigenvalue weighted by Gasteiger charge is -2.17. The highest BCUT2D eigenvalue weighted by Gasteiger charge is 2.23. The van der Waals surface area contributed by atoms with Crippen LogP contribution in [0.4, 0.5) is 0 Å². The molecule has 1 aromatic heterocycles. The summed E-state index contributed by atoms with van der Waals surface area (Å²) in [5.74, 6) is 0.162. The number of rotatable bonds is 3. The van der Waals surface area contributed by atoms with Crippen LogP contribution in [0.5, 0.6) is 0 Å². The first kappa shape index (κ1) is 14.1. The number of aromatic nitrogens is 1. The summed E-state index contributed by atoms with van der Waals surface area (Å²) in [6, 6.07) is 20.6. The quantitative estimate of drug-likeness (QED) is 0.720. The lowest BCUT2D eigenvalue weighted by molar-refractivity contribution is 0.0783. The smallest absolute Gasteiger partial charge is 0.270 e. The maximum atomic E-state index is 12.9. The summed E-state index contributed by atoms with van der Waals surface area (Å²) in [7, 11) is 0. The molecule has 1 aliphatic rings. The number of nitrogens with zero attached hydrogens (tertiary/aromatic N) is 2. The topological polar surface area (TPSA) is 25.2 Å². The van der Waals surface area contributed by atoms with E-state index >= 15 is 0 Å². The van der Waals surface area contributed by atoms with Gasteiger partial charge in [0.1, 0.15) is 5.69 Å². The van der Waals surface area contributed by atoms with Crippen molar-refractivity contribution in [3.05, 3.63) is 71.9 Å². The molecule has 3 heteroatoms. The van der Waals surface area contributed by atoms with Crippen molar-refractivity contribution in [3.8, 4) is 0 Å². The summed E-state index contributed by atoms with van der Waals surface area (Å²) in [5, 5.41) is 1.13. The van der Waals surface area contributed by atoms with Crippen LogP contribution in [0.3, 0.4) is 0 Å². The number of benzene rings is 2. The molecule has 0 spiro atoms. The predicted octanol–water partition coefficient (Wildman–Crippen LogP) is 3.93. The lowest BCUT2D eigenvalue weighted by Crippen LogP contribution is -2.29. The monoisotopic (exact) mass is 304 g/mol. The van der Waals surface area contributed by atoms with Crippen molar-refractivity contribution >= 4 is 16.8 Å². The molecule has 23 heavy (non-hydrogen) atoms. The van der Waals surface area contributed by atoms with Crippen LogP contribution in [-0.4, -0.2) is 28.5 Å². The first-order chi connectivity index (χ1) is 11.3. The molecule has 0 aliphatic carbocycles. The molecule has 116 valence electrons. The first-order valence-corrected chi connectivity index (χ1v) is 8.24. The van der Waals surface area contributed by atoms with Gasteiger partial charge in [0.2, 0.25) is 0 Å². The Morgan fingerprint density at radius 1 is 0.913 bits per heavy atom. The molecule has 1 fully saturated rings. The van der Waals surface area contributed by atoms with Crippen LogP contribution >= 0.6 is 0 Å². The van der Waals surface area contributed by atoms with Gasteiger partial charge in [0.05, 0.1) is 0 Å². The molecule has 0 atom stereocenters. The Morgan fingerprint density at radius 2 is 1.61 bits per heavy atom. The minimum absolute atomic E-state index is 0.162. The number of carbonyl (C=O) groups excluding carboxylic acids is 1. The van der Waals surface area contributed by atoms with Crippen LogP contribution < -0.4 is 0 Å². The summed E-state index contributed by atoms with van der Waals surface area (Å²) < 4.78 is 2.16. The SMILES string of the molecule is O=C(c1cc2ccccc2n1Cc1ccccc1)N1CCCC1. The first-order valence-electron chi connectivity index (χ1n) is 8.24. The minimum Gasteiger partial charge on any atom is -0.337 e. The van der Waals surface area contributed by atoms with Crippen molar-refractivity contribution in [2.45, 2.75) is 19.4 Å². The molecule has 1 saturated heterocycles. The van der Waals surface area contributed by atoms with Crippen molar-refractivity contribution < 1.29 is 4.79 Å². The Balaban J connectivity index is 1.79. The van der Waals surface area contributed by atoms with Crippen LogP contribution in [-0.2, 0) is 6.54 Å². The van der Waals surface area contributed by atoms with Crippen LogP contribution in [0.2, 0.25) is 0 Å². The van der Waals surface area contributed by atoms with Gasteiger partial charge in [-0.05, 0) is 30.5 Å². The van der Waals surface area contributed by atoms with E-state index in [1.165, 1.54) is 5.56 Å². The maximum absolute atomic E-state index is 12.9. The second-order valence-corrected chi connectivity index (χ2v) is 6.16. The zero-order valence-electron chi connectivity index (χ0n) is 13.1. The largest absolute Gasteiger partial charge is 0.337 e. The van der Waals surface area contributed by atoms with E-state index in [1.807, 2.05) is 41.3 Å². The molecular formula is C20H20N2O. The van der Waals surface area contributed by atoms with Crippen LogP contribution in [0, 0.1) is 0 Å². The molecule has 3 nitrogen and oxygen atoms in total. The van der Waals surface area contributed by atoms with Crippen molar-refractivity contribution in [1.82, 2.24) is 9.47 Å². The molecule has 0 bridgehead atoms. The van der Waals surface area contributed by atoms with Crippen molar-refractivity contribution in [3.63, 3.8) is 0 Å². The summed E-state index contributed by atoms with van der Waals surface area (Å²) in [4.78, 5) is 14.9. The zero-order chi connectivity index (χ0) is 15.6. The summed E-state index contributed by atoms with van der Waals surface area (Å²) in [5.41, 5.74) is 3.14. The molecule has 0 unspecified atom stereocenters. The van der Waals surface area contributed by atoms with Gasteiger partial charge in [0, 0.05) is 30.5 Å². The van der Waals surface area contributed by atoms with Gasteiger partial charge >= 0.3 is 0 Å². The lowest BCUT2D eigenvalue weighted by atomic mass is 10.2. The van der Waals surface area contributed by atoms with E-state index in [4.69, 9.17) is 0 Å². The van der Waals surface area contributed by atoms with E-state index in [2.05, 4.69) is 28.8 Å². The van der Waals surface area contributed by atoms with Crippen LogP contribution in [0.25, 0.3) is 10.9 Å². The molecule has 2 aromatic carbocycles. The van der Waals surface area contributed by atoms with E-state index in [9.17, 15) is 4.79 Å².